The summed E-state index contributed by atoms with van der Waals surface area (Å²) in [6, 6.07) is 10.8. The van der Waals surface area contributed by atoms with E-state index in [2.05, 4.69) is 5.32 Å². The number of amides is 1. The molecule has 0 aliphatic carbocycles. The van der Waals surface area contributed by atoms with Gasteiger partial charge in [-0.3, -0.25) is 14.9 Å². The second kappa shape index (κ2) is 7.91. The lowest BCUT2D eigenvalue weighted by Crippen LogP contribution is -2.21. The number of nitrogens with zero attached hydrogens (tertiary/aromatic N) is 1. The van der Waals surface area contributed by atoms with Crippen molar-refractivity contribution in [1.29, 1.82) is 0 Å². The van der Waals surface area contributed by atoms with Gasteiger partial charge in [0, 0.05) is 11.8 Å². The quantitative estimate of drug-likeness (QED) is 0.490. The van der Waals surface area contributed by atoms with Gasteiger partial charge in [-0.25, -0.2) is 4.79 Å². The molecule has 0 aliphatic heterocycles. The van der Waals surface area contributed by atoms with Crippen molar-refractivity contribution >= 4 is 23.3 Å². The maximum atomic E-state index is 12.0. The van der Waals surface area contributed by atoms with Crippen molar-refractivity contribution in [2.24, 2.45) is 0 Å². The number of anilines is 1. The van der Waals surface area contributed by atoms with E-state index in [0.717, 1.165) is 11.6 Å². The van der Waals surface area contributed by atoms with Crippen molar-refractivity contribution in [3.8, 4) is 5.75 Å². The fourth-order valence-corrected chi connectivity index (χ4v) is 2.09. The molecule has 0 aromatic heterocycles. The fourth-order valence-electron chi connectivity index (χ4n) is 2.09. The van der Waals surface area contributed by atoms with Crippen molar-refractivity contribution in [2.75, 3.05) is 19.0 Å². The number of aryl methyl sites for hydroxylation is 1. The van der Waals surface area contributed by atoms with E-state index in [9.17, 15) is 19.7 Å². The lowest BCUT2D eigenvalue weighted by molar-refractivity contribution is -0.385. The fraction of sp³-hybridized carbons (Fsp3) is 0.176. The normalized spacial score (nSPS) is 10.0. The van der Waals surface area contributed by atoms with Crippen LogP contribution < -0.4 is 10.1 Å². The second-order valence-electron chi connectivity index (χ2n) is 5.14. The van der Waals surface area contributed by atoms with Crippen LogP contribution >= 0.6 is 0 Å². The smallest absolute Gasteiger partial charge is 0.338 e. The van der Waals surface area contributed by atoms with Crippen LogP contribution in [0, 0.1) is 17.0 Å². The predicted octanol–water partition coefficient (Wildman–Crippen LogP) is 2.71. The zero-order valence-electron chi connectivity index (χ0n) is 13.6. The molecule has 2 aromatic rings. The number of nitro benzene ring substituents is 1. The average Bonchev–Trinajstić information content (AvgIpc) is 2.59. The minimum Gasteiger partial charge on any atom is -0.490 e. The first-order chi connectivity index (χ1) is 11.9. The molecule has 0 radical (unpaired) electrons. The van der Waals surface area contributed by atoms with Gasteiger partial charge in [-0.15, -0.1) is 0 Å². The van der Waals surface area contributed by atoms with Crippen molar-refractivity contribution in [1.82, 2.24) is 0 Å². The highest BCUT2D eigenvalue weighted by atomic mass is 16.6. The van der Waals surface area contributed by atoms with Crippen molar-refractivity contribution < 1.29 is 24.0 Å². The molecule has 8 nitrogen and oxygen atoms in total. The molecule has 0 heterocycles. The van der Waals surface area contributed by atoms with Gasteiger partial charge in [0.1, 0.15) is 0 Å². The summed E-state index contributed by atoms with van der Waals surface area (Å²) >= 11 is 0. The Kier molecular flexibility index (Phi) is 5.67. The van der Waals surface area contributed by atoms with Crippen molar-refractivity contribution in [2.45, 2.75) is 6.92 Å². The standard InChI is InChI=1S/C17H16N2O6/c1-11-4-3-5-13(8-11)18-16(20)10-25-17(21)12-6-7-15(24-2)14(9-12)19(22)23/h3-9H,10H2,1-2H3,(H,18,20). The number of hydrogen-bond donors (Lipinski definition) is 1. The summed E-state index contributed by atoms with van der Waals surface area (Å²) in [6.45, 7) is 1.37. The van der Waals surface area contributed by atoms with Crippen LogP contribution in [0.2, 0.25) is 0 Å². The number of hydrogen-bond acceptors (Lipinski definition) is 6. The number of nitrogens with one attached hydrogen (secondary N) is 1. The Morgan fingerprint density at radius 3 is 2.60 bits per heavy atom. The van der Waals surface area contributed by atoms with Gasteiger partial charge in [-0.2, -0.15) is 0 Å². The summed E-state index contributed by atoms with van der Waals surface area (Å²) < 4.78 is 9.74. The Hall–Kier alpha value is -3.42. The van der Waals surface area contributed by atoms with Crippen LogP contribution in [0.3, 0.4) is 0 Å². The number of nitro groups is 1. The number of rotatable bonds is 6. The second-order valence-corrected chi connectivity index (χ2v) is 5.14. The van der Waals surface area contributed by atoms with E-state index in [1.807, 2.05) is 13.0 Å². The third-order valence-corrected chi connectivity index (χ3v) is 3.25. The molecule has 0 fully saturated rings. The summed E-state index contributed by atoms with van der Waals surface area (Å²) in [5.41, 5.74) is 1.15. The molecule has 0 saturated carbocycles. The first-order valence-corrected chi connectivity index (χ1v) is 7.27. The summed E-state index contributed by atoms with van der Waals surface area (Å²) in [5, 5.41) is 13.6. The Bertz CT molecular complexity index is 819. The average molecular weight is 344 g/mol. The van der Waals surface area contributed by atoms with Gasteiger partial charge in [0.2, 0.25) is 0 Å². The number of ether oxygens (including phenoxy) is 2. The third-order valence-electron chi connectivity index (χ3n) is 3.25. The first kappa shape index (κ1) is 17.9. The zero-order valence-corrected chi connectivity index (χ0v) is 13.6. The lowest BCUT2D eigenvalue weighted by atomic mass is 10.2. The van der Waals surface area contributed by atoms with Gasteiger partial charge in [0.05, 0.1) is 17.6 Å². The maximum absolute atomic E-state index is 12.0. The van der Waals surface area contributed by atoms with Crippen LogP contribution in [-0.2, 0) is 9.53 Å². The monoisotopic (exact) mass is 344 g/mol. The molecule has 2 rings (SSSR count). The van der Waals surface area contributed by atoms with Crippen LogP contribution in [0.1, 0.15) is 15.9 Å². The molecule has 0 atom stereocenters. The largest absolute Gasteiger partial charge is 0.490 e. The molecule has 25 heavy (non-hydrogen) atoms. The third kappa shape index (κ3) is 4.77. The Labute approximate surface area is 143 Å². The van der Waals surface area contributed by atoms with E-state index >= 15 is 0 Å². The number of carbonyl (C=O) groups is 2. The van der Waals surface area contributed by atoms with Gasteiger partial charge >= 0.3 is 11.7 Å². The molecule has 0 bridgehead atoms. The van der Waals surface area contributed by atoms with E-state index in [1.165, 1.54) is 19.2 Å². The minimum atomic E-state index is -0.842. The summed E-state index contributed by atoms with van der Waals surface area (Å²) in [4.78, 5) is 34.1. The first-order valence-electron chi connectivity index (χ1n) is 7.27. The number of esters is 1. The van der Waals surface area contributed by atoms with E-state index in [0.29, 0.717) is 5.69 Å². The van der Waals surface area contributed by atoms with Crippen LogP contribution in [0.4, 0.5) is 11.4 Å². The summed E-state index contributed by atoms with van der Waals surface area (Å²) in [6.07, 6.45) is 0. The van der Waals surface area contributed by atoms with Crippen LogP contribution in [0.5, 0.6) is 5.75 Å². The van der Waals surface area contributed by atoms with Crippen LogP contribution in [0.15, 0.2) is 42.5 Å². The van der Waals surface area contributed by atoms with E-state index in [4.69, 9.17) is 9.47 Å². The number of carbonyl (C=O) groups excluding carboxylic acids is 2. The van der Waals surface area contributed by atoms with Crippen LogP contribution in [-0.4, -0.2) is 30.5 Å². The highest BCUT2D eigenvalue weighted by Gasteiger charge is 2.19. The van der Waals surface area contributed by atoms with E-state index in [-0.39, 0.29) is 17.0 Å². The Balaban J connectivity index is 1.99. The van der Waals surface area contributed by atoms with Gasteiger partial charge < -0.3 is 14.8 Å². The summed E-state index contributed by atoms with van der Waals surface area (Å²) in [7, 11) is 1.29. The molecular formula is C17H16N2O6. The predicted molar refractivity (Wildman–Crippen MR) is 89.7 cm³/mol. The van der Waals surface area contributed by atoms with Gasteiger partial charge in [0.15, 0.2) is 12.4 Å². The molecule has 130 valence electrons. The molecule has 0 aliphatic rings. The highest BCUT2D eigenvalue weighted by Crippen LogP contribution is 2.27. The molecular weight excluding hydrogens is 328 g/mol. The Morgan fingerprint density at radius 2 is 1.96 bits per heavy atom. The molecule has 2 aromatic carbocycles. The molecule has 0 spiro atoms. The van der Waals surface area contributed by atoms with E-state index < -0.39 is 23.4 Å². The van der Waals surface area contributed by atoms with Crippen molar-refractivity contribution in [3.63, 3.8) is 0 Å². The lowest BCUT2D eigenvalue weighted by Gasteiger charge is -2.08. The molecule has 0 saturated heterocycles. The van der Waals surface area contributed by atoms with Gasteiger partial charge in [-0.1, -0.05) is 12.1 Å². The van der Waals surface area contributed by atoms with Crippen molar-refractivity contribution in [3.05, 3.63) is 63.7 Å². The minimum absolute atomic E-state index is 0.0266. The molecule has 0 unspecified atom stereocenters. The van der Waals surface area contributed by atoms with Gasteiger partial charge in [-0.05, 0) is 36.8 Å². The maximum Gasteiger partial charge on any atom is 0.338 e. The van der Waals surface area contributed by atoms with E-state index in [1.54, 1.807) is 18.2 Å². The summed E-state index contributed by atoms with van der Waals surface area (Å²) in [5.74, 6) is -1.33. The molecule has 1 N–H and O–H groups in total. The topological polar surface area (TPSA) is 108 Å². The van der Waals surface area contributed by atoms with Gasteiger partial charge in [0.25, 0.3) is 5.91 Å². The zero-order chi connectivity index (χ0) is 18.4. The highest BCUT2D eigenvalue weighted by molar-refractivity contribution is 5.96. The SMILES string of the molecule is COc1ccc(C(=O)OCC(=O)Nc2cccc(C)c2)cc1[N+](=O)[O-]. The number of benzene rings is 2. The Morgan fingerprint density at radius 1 is 1.20 bits per heavy atom. The molecule has 1 amide bonds. The number of methoxy groups -OCH3 is 1. The molecule has 8 heteroatoms. The van der Waals surface area contributed by atoms with Crippen LogP contribution in [0.25, 0.3) is 0 Å².